The largest absolute Gasteiger partial charge is 0.598 e. The summed E-state index contributed by atoms with van der Waals surface area (Å²) >= 11 is 1.52. The van der Waals surface area contributed by atoms with Gasteiger partial charge in [-0.05, 0) is 61.3 Å². The SMILES string of the molecule is C[C@H](N[S@@+]([O-])C(C)(C)C)c1cc(F)c(Br)c(F)c1. The third-order valence-corrected chi connectivity index (χ3v) is 4.78. The van der Waals surface area contributed by atoms with Crippen molar-refractivity contribution < 1.29 is 13.3 Å². The summed E-state index contributed by atoms with van der Waals surface area (Å²) in [5.41, 5.74) is 0.422. The number of halogens is 3. The van der Waals surface area contributed by atoms with E-state index in [4.69, 9.17) is 0 Å². The van der Waals surface area contributed by atoms with E-state index < -0.39 is 33.8 Å². The van der Waals surface area contributed by atoms with Crippen molar-refractivity contribution in [2.45, 2.75) is 38.5 Å². The summed E-state index contributed by atoms with van der Waals surface area (Å²) in [6.07, 6.45) is 0. The van der Waals surface area contributed by atoms with E-state index >= 15 is 0 Å². The van der Waals surface area contributed by atoms with Crippen molar-refractivity contribution in [1.29, 1.82) is 0 Å². The van der Waals surface area contributed by atoms with E-state index in [0.717, 1.165) is 0 Å². The molecule has 0 aliphatic heterocycles. The van der Waals surface area contributed by atoms with Crippen LogP contribution in [0.15, 0.2) is 16.6 Å². The Morgan fingerprint density at radius 3 is 2.11 bits per heavy atom. The quantitative estimate of drug-likeness (QED) is 0.670. The Labute approximate surface area is 118 Å². The fraction of sp³-hybridized carbons (Fsp3) is 0.500. The average Bonchev–Trinajstić information content (AvgIpc) is 2.23. The van der Waals surface area contributed by atoms with Gasteiger partial charge in [0.25, 0.3) is 0 Å². The van der Waals surface area contributed by atoms with Crippen molar-refractivity contribution in [3.63, 3.8) is 0 Å². The molecule has 6 heteroatoms. The van der Waals surface area contributed by atoms with Crippen LogP contribution >= 0.6 is 15.9 Å². The summed E-state index contributed by atoms with van der Waals surface area (Å²) in [6.45, 7) is 7.19. The minimum atomic E-state index is -1.29. The van der Waals surface area contributed by atoms with E-state index in [-0.39, 0.29) is 4.47 Å². The maximum absolute atomic E-state index is 13.4. The zero-order valence-corrected chi connectivity index (χ0v) is 13.1. The molecule has 1 aromatic rings. The van der Waals surface area contributed by atoms with Gasteiger partial charge in [0, 0.05) is 11.4 Å². The zero-order chi connectivity index (χ0) is 14.1. The van der Waals surface area contributed by atoms with Crippen LogP contribution < -0.4 is 4.72 Å². The van der Waals surface area contributed by atoms with Crippen molar-refractivity contribution in [2.24, 2.45) is 0 Å². The zero-order valence-electron chi connectivity index (χ0n) is 10.7. The molecule has 0 saturated heterocycles. The predicted molar refractivity (Wildman–Crippen MR) is 73.5 cm³/mol. The highest BCUT2D eigenvalue weighted by Crippen LogP contribution is 2.25. The lowest BCUT2D eigenvalue weighted by molar-refractivity contribution is 0.526. The molecule has 1 N–H and O–H groups in total. The highest BCUT2D eigenvalue weighted by molar-refractivity contribution is 9.10. The van der Waals surface area contributed by atoms with Gasteiger partial charge in [-0.3, -0.25) is 0 Å². The van der Waals surface area contributed by atoms with Gasteiger partial charge in [-0.1, -0.05) is 0 Å². The van der Waals surface area contributed by atoms with Gasteiger partial charge >= 0.3 is 0 Å². The second-order valence-corrected chi connectivity index (χ2v) is 7.81. The second-order valence-electron chi connectivity index (χ2n) is 5.02. The normalized spacial score (nSPS) is 15.6. The van der Waals surface area contributed by atoms with Crippen molar-refractivity contribution in [2.75, 3.05) is 0 Å². The number of hydrogen-bond acceptors (Lipinski definition) is 2. The molecular weight excluding hydrogens is 324 g/mol. The first-order valence-electron chi connectivity index (χ1n) is 5.45. The van der Waals surface area contributed by atoms with Gasteiger partial charge in [0.2, 0.25) is 0 Å². The molecule has 0 bridgehead atoms. The average molecular weight is 340 g/mol. The van der Waals surface area contributed by atoms with Gasteiger partial charge in [-0.15, -0.1) is 4.72 Å². The third-order valence-electron chi connectivity index (χ3n) is 2.35. The molecule has 0 aliphatic carbocycles. The van der Waals surface area contributed by atoms with E-state index in [9.17, 15) is 13.3 Å². The summed E-state index contributed by atoms with van der Waals surface area (Å²) < 4.78 is 40.9. The Morgan fingerprint density at radius 2 is 1.72 bits per heavy atom. The van der Waals surface area contributed by atoms with Gasteiger partial charge in [0.05, 0.1) is 10.5 Å². The van der Waals surface area contributed by atoms with Gasteiger partial charge in [-0.2, -0.15) is 0 Å². The first kappa shape index (κ1) is 15.9. The Bertz CT molecular complexity index is 414. The molecule has 0 spiro atoms. The summed E-state index contributed by atoms with van der Waals surface area (Å²) in [6, 6.07) is 2.05. The number of nitrogens with one attached hydrogen (secondary N) is 1. The van der Waals surface area contributed by atoms with E-state index in [2.05, 4.69) is 20.7 Å². The maximum Gasteiger partial charge on any atom is 0.140 e. The van der Waals surface area contributed by atoms with E-state index in [1.54, 1.807) is 6.92 Å². The second kappa shape index (κ2) is 5.86. The van der Waals surface area contributed by atoms with Gasteiger partial charge in [0.1, 0.15) is 16.4 Å². The highest BCUT2D eigenvalue weighted by atomic mass is 79.9. The number of hydrogen-bond donors (Lipinski definition) is 1. The van der Waals surface area contributed by atoms with E-state index in [0.29, 0.717) is 5.56 Å². The van der Waals surface area contributed by atoms with Crippen molar-refractivity contribution in [1.82, 2.24) is 4.72 Å². The lowest BCUT2D eigenvalue weighted by Crippen LogP contribution is -2.40. The lowest BCUT2D eigenvalue weighted by Gasteiger charge is -2.26. The number of benzene rings is 1. The minimum absolute atomic E-state index is 0.185. The molecule has 0 unspecified atom stereocenters. The Kier molecular flexibility index (Phi) is 5.17. The molecule has 0 amide bonds. The molecule has 2 atom stereocenters. The van der Waals surface area contributed by atoms with Crippen LogP contribution in [0.2, 0.25) is 0 Å². The fourth-order valence-corrected chi connectivity index (χ4v) is 2.27. The van der Waals surface area contributed by atoms with Gasteiger partial charge in [0.15, 0.2) is 0 Å². The Morgan fingerprint density at radius 1 is 1.28 bits per heavy atom. The monoisotopic (exact) mass is 339 g/mol. The summed E-state index contributed by atoms with van der Waals surface area (Å²) in [5.74, 6) is -1.33. The predicted octanol–water partition coefficient (Wildman–Crippen LogP) is 3.84. The van der Waals surface area contributed by atoms with Crippen LogP contribution in [0.25, 0.3) is 0 Å². The van der Waals surface area contributed by atoms with Gasteiger partial charge in [-0.25, -0.2) is 8.78 Å². The van der Waals surface area contributed by atoms with Crippen LogP contribution in [0.3, 0.4) is 0 Å². The molecular formula is C12H16BrF2NOS. The van der Waals surface area contributed by atoms with Crippen LogP contribution in [0.5, 0.6) is 0 Å². The molecule has 18 heavy (non-hydrogen) atoms. The minimum Gasteiger partial charge on any atom is -0.598 e. The highest BCUT2D eigenvalue weighted by Gasteiger charge is 2.28. The van der Waals surface area contributed by atoms with Crippen LogP contribution in [0.1, 0.15) is 39.3 Å². The maximum atomic E-state index is 13.4. The van der Waals surface area contributed by atoms with Crippen molar-refractivity contribution >= 4 is 27.3 Å². The topological polar surface area (TPSA) is 35.1 Å². The van der Waals surface area contributed by atoms with Crippen LogP contribution in [-0.2, 0) is 11.4 Å². The molecule has 0 aliphatic rings. The molecule has 1 aromatic carbocycles. The van der Waals surface area contributed by atoms with E-state index in [1.165, 1.54) is 12.1 Å². The Balaban J connectivity index is 2.88. The van der Waals surface area contributed by atoms with Crippen LogP contribution in [-0.4, -0.2) is 9.30 Å². The number of rotatable bonds is 3. The summed E-state index contributed by atoms with van der Waals surface area (Å²) in [4.78, 5) is 0. The smallest absolute Gasteiger partial charge is 0.140 e. The molecule has 2 nitrogen and oxygen atoms in total. The molecule has 0 fully saturated rings. The Hall–Kier alpha value is -0.170. The fourth-order valence-electron chi connectivity index (χ4n) is 1.23. The van der Waals surface area contributed by atoms with Crippen LogP contribution in [0.4, 0.5) is 8.78 Å². The molecule has 0 saturated carbocycles. The third kappa shape index (κ3) is 3.91. The summed E-state index contributed by atoms with van der Waals surface area (Å²) in [7, 11) is 0. The van der Waals surface area contributed by atoms with E-state index in [1.807, 2.05) is 20.8 Å². The summed E-state index contributed by atoms with van der Waals surface area (Å²) in [5, 5.41) is 0. The lowest BCUT2D eigenvalue weighted by atomic mass is 10.1. The first-order chi connectivity index (χ1) is 8.12. The first-order valence-corrected chi connectivity index (χ1v) is 7.39. The molecule has 0 radical (unpaired) electrons. The van der Waals surface area contributed by atoms with Crippen molar-refractivity contribution in [3.05, 3.63) is 33.8 Å². The molecule has 1 rings (SSSR count). The van der Waals surface area contributed by atoms with Crippen molar-refractivity contribution in [3.8, 4) is 0 Å². The van der Waals surface area contributed by atoms with Gasteiger partial charge < -0.3 is 4.55 Å². The molecule has 0 aromatic heterocycles. The standard InChI is InChI=1S/C12H16BrF2NOS/c1-7(16-18(17)12(2,3)4)8-5-9(14)11(13)10(15)6-8/h5-7,16H,1-4H3/t7-,18-/m0/s1. The van der Waals surface area contributed by atoms with Crippen LogP contribution in [0, 0.1) is 11.6 Å². The molecule has 102 valence electrons. The molecule has 0 heterocycles.